The fraction of sp³-hybridized carbons (Fsp3) is 0.700. The molecule has 4 nitrogen and oxygen atoms in total. The second-order valence-electron chi connectivity index (χ2n) is 3.78. The van der Waals surface area contributed by atoms with Crippen molar-refractivity contribution in [1.82, 2.24) is 0 Å². The number of hydrogen-bond acceptors (Lipinski definition) is 4. The van der Waals surface area contributed by atoms with Crippen LogP contribution >= 0.6 is 0 Å². The zero-order valence-electron chi connectivity index (χ0n) is 8.41. The first-order valence-electron chi connectivity index (χ1n) is 4.63. The van der Waals surface area contributed by atoms with Crippen molar-refractivity contribution < 1.29 is 19.1 Å². The molecule has 14 heavy (non-hydrogen) atoms. The molecular formula is C10H14O4. The quantitative estimate of drug-likeness (QED) is 0.615. The van der Waals surface area contributed by atoms with Gasteiger partial charge in [0.2, 0.25) is 0 Å². The third-order valence-corrected chi connectivity index (χ3v) is 2.35. The molecule has 0 aromatic heterocycles. The smallest absolute Gasteiger partial charge is 0.176 e. The van der Waals surface area contributed by atoms with Crippen molar-refractivity contribution in [2.24, 2.45) is 11.8 Å². The normalized spacial score (nSPS) is 27.9. The topological polar surface area (TPSA) is 60.4 Å². The number of ketones is 3. The average Bonchev–Trinajstić information content (AvgIpc) is 2.01. The molecule has 4 heteroatoms. The maximum atomic E-state index is 11.4. The van der Waals surface area contributed by atoms with Gasteiger partial charge in [0, 0.05) is 20.0 Å². The Kier molecular flexibility index (Phi) is 3.52. The van der Waals surface area contributed by atoms with E-state index in [0.717, 1.165) is 0 Å². The summed E-state index contributed by atoms with van der Waals surface area (Å²) in [4.78, 5) is 34.2. The van der Waals surface area contributed by atoms with Crippen LogP contribution in [0, 0.1) is 11.8 Å². The zero-order valence-corrected chi connectivity index (χ0v) is 8.41. The first-order chi connectivity index (χ1) is 6.56. The molecule has 0 amide bonds. The third kappa shape index (κ3) is 2.26. The fourth-order valence-corrected chi connectivity index (χ4v) is 1.76. The van der Waals surface area contributed by atoms with Crippen LogP contribution in [0.3, 0.4) is 0 Å². The first kappa shape index (κ1) is 11.0. The Hall–Kier alpha value is -1.03. The van der Waals surface area contributed by atoms with Gasteiger partial charge < -0.3 is 4.74 Å². The van der Waals surface area contributed by atoms with E-state index in [1.807, 2.05) is 6.92 Å². The highest BCUT2D eigenvalue weighted by Gasteiger charge is 2.38. The van der Waals surface area contributed by atoms with E-state index in [1.54, 1.807) is 0 Å². The number of methoxy groups -OCH3 is 1. The lowest BCUT2D eigenvalue weighted by molar-refractivity contribution is -0.144. The van der Waals surface area contributed by atoms with Gasteiger partial charge in [-0.25, -0.2) is 0 Å². The minimum atomic E-state index is -1.05. The standard InChI is InChI=1S/C10H14O4/c1-6-3-7(11)10(8(12)4-6)9(13)5-14-2/h6,10H,3-5H2,1-2H3. The van der Waals surface area contributed by atoms with Gasteiger partial charge in [-0.1, -0.05) is 6.92 Å². The molecular weight excluding hydrogens is 184 g/mol. The van der Waals surface area contributed by atoms with Crippen LogP contribution in [-0.4, -0.2) is 31.1 Å². The van der Waals surface area contributed by atoms with E-state index in [0.29, 0.717) is 12.8 Å². The second kappa shape index (κ2) is 4.46. The van der Waals surface area contributed by atoms with Crippen molar-refractivity contribution in [3.8, 4) is 0 Å². The van der Waals surface area contributed by atoms with Gasteiger partial charge in [0.25, 0.3) is 0 Å². The van der Waals surface area contributed by atoms with Gasteiger partial charge in [-0.15, -0.1) is 0 Å². The molecule has 78 valence electrons. The van der Waals surface area contributed by atoms with Gasteiger partial charge in [-0.2, -0.15) is 0 Å². The molecule has 0 N–H and O–H groups in total. The van der Waals surface area contributed by atoms with Crippen LogP contribution in [0.15, 0.2) is 0 Å². The lowest BCUT2D eigenvalue weighted by Crippen LogP contribution is -2.39. The van der Waals surface area contributed by atoms with Crippen molar-refractivity contribution in [3.63, 3.8) is 0 Å². The molecule has 0 aliphatic heterocycles. The molecule has 1 aliphatic rings. The van der Waals surface area contributed by atoms with Crippen molar-refractivity contribution in [2.75, 3.05) is 13.7 Å². The molecule has 0 atom stereocenters. The summed E-state index contributed by atoms with van der Waals surface area (Å²) in [5, 5.41) is 0. The van der Waals surface area contributed by atoms with E-state index in [4.69, 9.17) is 0 Å². The SMILES string of the molecule is COCC(=O)C1C(=O)CC(C)CC1=O. The minimum absolute atomic E-state index is 0.0709. The zero-order chi connectivity index (χ0) is 10.7. The highest BCUT2D eigenvalue weighted by atomic mass is 16.5. The maximum absolute atomic E-state index is 11.4. The number of carbonyl (C=O) groups excluding carboxylic acids is 3. The van der Waals surface area contributed by atoms with Crippen LogP contribution in [-0.2, 0) is 19.1 Å². The number of ether oxygens (including phenoxy) is 1. The summed E-state index contributed by atoms with van der Waals surface area (Å²) < 4.78 is 4.63. The van der Waals surface area contributed by atoms with Crippen LogP contribution in [0.4, 0.5) is 0 Å². The summed E-state index contributed by atoms with van der Waals surface area (Å²) in [6, 6.07) is 0. The lowest BCUT2D eigenvalue weighted by Gasteiger charge is -2.22. The van der Waals surface area contributed by atoms with E-state index >= 15 is 0 Å². The Balaban J connectivity index is 2.72. The maximum Gasteiger partial charge on any atom is 0.176 e. The van der Waals surface area contributed by atoms with E-state index in [1.165, 1.54) is 7.11 Å². The molecule has 1 fully saturated rings. The first-order valence-corrected chi connectivity index (χ1v) is 4.63. The van der Waals surface area contributed by atoms with E-state index in [-0.39, 0.29) is 24.1 Å². The van der Waals surface area contributed by atoms with Crippen LogP contribution in [0.5, 0.6) is 0 Å². The summed E-state index contributed by atoms with van der Waals surface area (Å²) in [6.07, 6.45) is 0.651. The molecule has 0 radical (unpaired) electrons. The van der Waals surface area contributed by atoms with E-state index in [2.05, 4.69) is 4.74 Å². The predicted octanol–water partition coefficient (Wildman–Crippen LogP) is 0.386. The molecule has 0 bridgehead atoms. The Bertz CT molecular complexity index is 240. The van der Waals surface area contributed by atoms with E-state index in [9.17, 15) is 14.4 Å². The number of carbonyl (C=O) groups is 3. The van der Waals surface area contributed by atoms with Crippen molar-refractivity contribution in [2.45, 2.75) is 19.8 Å². The summed E-state index contributed by atoms with van der Waals surface area (Å²) in [6.45, 7) is 1.68. The van der Waals surface area contributed by atoms with Crippen molar-refractivity contribution in [3.05, 3.63) is 0 Å². The Morgan fingerprint density at radius 1 is 1.36 bits per heavy atom. The largest absolute Gasteiger partial charge is 0.377 e. The predicted molar refractivity (Wildman–Crippen MR) is 48.8 cm³/mol. The molecule has 0 spiro atoms. The number of Topliss-reactive ketones (excluding diaryl/α,β-unsaturated/α-hetero) is 3. The van der Waals surface area contributed by atoms with Crippen molar-refractivity contribution in [1.29, 1.82) is 0 Å². The molecule has 1 saturated carbocycles. The van der Waals surface area contributed by atoms with Crippen molar-refractivity contribution >= 4 is 17.3 Å². The Labute approximate surface area is 82.6 Å². The van der Waals surface area contributed by atoms with Crippen LogP contribution in [0.2, 0.25) is 0 Å². The summed E-state index contributed by atoms with van der Waals surface area (Å²) in [5.74, 6) is -1.89. The van der Waals surface area contributed by atoms with Gasteiger partial charge in [0.1, 0.15) is 12.5 Å². The highest BCUT2D eigenvalue weighted by Crippen LogP contribution is 2.23. The third-order valence-electron chi connectivity index (χ3n) is 2.35. The van der Waals surface area contributed by atoms with Gasteiger partial charge in [0.15, 0.2) is 17.3 Å². The molecule has 1 aliphatic carbocycles. The molecule has 0 unspecified atom stereocenters. The number of rotatable bonds is 3. The average molecular weight is 198 g/mol. The van der Waals surface area contributed by atoms with Crippen LogP contribution in [0.25, 0.3) is 0 Å². The van der Waals surface area contributed by atoms with Gasteiger partial charge >= 0.3 is 0 Å². The van der Waals surface area contributed by atoms with Crippen LogP contribution < -0.4 is 0 Å². The summed E-state index contributed by atoms with van der Waals surface area (Å²) in [7, 11) is 1.37. The monoisotopic (exact) mass is 198 g/mol. The van der Waals surface area contributed by atoms with Gasteiger partial charge in [-0.05, 0) is 5.92 Å². The molecule has 0 saturated heterocycles. The van der Waals surface area contributed by atoms with Crippen LogP contribution in [0.1, 0.15) is 19.8 Å². The Morgan fingerprint density at radius 2 is 1.86 bits per heavy atom. The lowest BCUT2D eigenvalue weighted by atomic mass is 9.79. The van der Waals surface area contributed by atoms with E-state index < -0.39 is 11.7 Å². The summed E-state index contributed by atoms with van der Waals surface area (Å²) >= 11 is 0. The Morgan fingerprint density at radius 3 is 2.29 bits per heavy atom. The van der Waals surface area contributed by atoms with Gasteiger partial charge in [0.05, 0.1) is 0 Å². The fourth-order valence-electron chi connectivity index (χ4n) is 1.76. The minimum Gasteiger partial charge on any atom is -0.377 e. The number of hydrogen-bond donors (Lipinski definition) is 0. The molecule has 0 heterocycles. The molecule has 0 aromatic carbocycles. The summed E-state index contributed by atoms with van der Waals surface area (Å²) in [5.41, 5.74) is 0. The second-order valence-corrected chi connectivity index (χ2v) is 3.78. The highest BCUT2D eigenvalue weighted by molar-refractivity contribution is 6.20. The van der Waals surface area contributed by atoms with Gasteiger partial charge in [-0.3, -0.25) is 14.4 Å². The molecule has 0 aromatic rings. The molecule has 1 rings (SSSR count).